The van der Waals surface area contributed by atoms with Gasteiger partial charge in [-0.1, -0.05) is 24.3 Å². The Morgan fingerprint density at radius 3 is 2.11 bits per heavy atom. The van der Waals surface area contributed by atoms with Crippen LogP contribution in [0.15, 0.2) is 71.8 Å². The lowest BCUT2D eigenvalue weighted by atomic mass is 9.88. The second kappa shape index (κ2) is 10.9. The number of hydrogen-bond donors (Lipinski definition) is 1. The molecule has 0 saturated carbocycles. The molecule has 1 atom stereocenters. The van der Waals surface area contributed by atoms with Gasteiger partial charge < -0.3 is 10.1 Å². The molecule has 2 aromatic carbocycles. The first-order chi connectivity index (χ1) is 16.4. The Hall–Kier alpha value is -3.47. The Bertz CT molecular complexity index is 1240. The van der Waals surface area contributed by atoms with Gasteiger partial charge in [-0.15, -0.1) is 0 Å². The summed E-state index contributed by atoms with van der Waals surface area (Å²) in [5.74, 6) is -1.40. The summed E-state index contributed by atoms with van der Waals surface area (Å²) in [6, 6.07) is 14.7. The third-order valence-corrected chi connectivity index (χ3v) is 6.21. The quantitative estimate of drug-likeness (QED) is 0.428. The molecule has 0 aliphatic carbocycles. The first kappa shape index (κ1) is 26.1. The van der Waals surface area contributed by atoms with E-state index in [4.69, 9.17) is 0 Å². The second-order valence-corrected chi connectivity index (χ2v) is 9.79. The Morgan fingerprint density at radius 1 is 1.00 bits per heavy atom. The van der Waals surface area contributed by atoms with Crippen molar-refractivity contribution in [2.75, 3.05) is 19.4 Å². The van der Waals surface area contributed by atoms with E-state index in [0.29, 0.717) is 6.42 Å². The molecule has 0 fully saturated rings. The van der Waals surface area contributed by atoms with Crippen LogP contribution in [0, 0.1) is 5.82 Å². The Labute approximate surface area is 199 Å². The number of amides is 1. The molecule has 1 aromatic heterocycles. The van der Waals surface area contributed by atoms with Crippen molar-refractivity contribution >= 4 is 15.7 Å². The number of rotatable bonds is 9. The first-order valence-electron chi connectivity index (χ1n) is 10.4. The molecule has 0 saturated heterocycles. The van der Waals surface area contributed by atoms with Crippen molar-refractivity contribution in [2.45, 2.75) is 23.4 Å². The smallest absolute Gasteiger partial charge is 0.422 e. The number of sulfone groups is 1. The van der Waals surface area contributed by atoms with Gasteiger partial charge in [0.1, 0.15) is 5.82 Å². The van der Waals surface area contributed by atoms with E-state index in [0.717, 1.165) is 23.6 Å². The van der Waals surface area contributed by atoms with Gasteiger partial charge in [0.15, 0.2) is 16.4 Å². The predicted octanol–water partition coefficient (Wildman–Crippen LogP) is 4.52. The van der Waals surface area contributed by atoms with Crippen LogP contribution in [0.4, 0.5) is 17.6 Å². The normalized spacial score (nSPS) is 12.7. The zero-order valence-corrected chi connectivity index (χ0v) is 19.4. The summed E-state index contributed by atoms with van der Waals surface area (Å²) in [4.78, 5) is 16.3. The average Bonchev–Trinajstić information content (AvgIpc) is 2.80. The van der Waals surface area contributed by atoms with Gasteiger partial charge in [0.2, 0.25) is 5.88 Å². The van der Waals surface area contributed by atoms with Gasteiger partial charge in [-0.3, -0.25) is 4.79 Å². The van der Waals surface area contributed by atoms with E-state index in [-0.39, 0.29) is 28.8 Å². The second-order valence-electron chi connectivity index (χ2n) is 7.78. The third-order valence-electron chi connectivity index (χ3n) is 5.08. The van der Waals surface area contributed by atoms with Crippen molar-refractivity contribution in [3.63, 3.8) is 0 Å². The Balaban J connectivity index is 1.67. The van der Waals surface area contributed by atoms with Gasteiger partial charge in [-0.25, -0.2) is 17.8 Å². The first-order valence-corrected chi connectivity index (χ1v) is 12.3. The summed E-state index contributed by atoms with van der Waals surface area (Å²) in [5.41, 5.74) is 1.70. The summed E-state index contributed by atoms with van der Waals surface area (Å²) < 4.78 is 78.1. The molecule has 6 nitrogen and oxygen atoms in total. The van der Waals surface area contributed by atoms with Crippen LogP contribution < -0.4 is 10.1 Å². The number of alkyl halides is 3. The molecule has 0 aliphatic heterocycles. The fourth-order valence-corrected chi connectivity index (χ4v) is 3.99. The number of nitrogens with zero attached hydrogens (tertiary/aromatic N) is 1. The van der Waals surface area contributed by atoms with E-state index in [1.165, 1.54) is 36.4 Å². The highest BCUT2D eigenvalue weighted by Crippen LogP contribution is 2.29. The molecular formula is C24H22F4N2O4S. The van der Waals surface area contributed by atoms with Crippen molar-refractivity contribution in [1.82, 2.24) is 10.3 Å². The van der Waals surface area contributed by atoms with Crippen LogP contribution in [0.5, 0.6) is 5.88 Å². The molecule has 186 valence electrons. The highest BCUT2D eigenvalue weighted by molar-refractivity contribution is 7.90. The summed E-state index contributed by atoms with van der Waals surface area (Å²) in [5, 5.41) is 2.72. The van der Waals surface area contributed by atoms with E-state index >= 15 is 0 Å². The fourth-order valence-electron chi connectivity index (χ4n) is 3.36. The van der Waals surface area contributed by atoms with Crippen LogP contribution >= 0.6 is 0 Å². The molecule has 0 radical (unpaired) electrons. The Kier molecular flexibility index (Phi) is 8.11. The summed E-state index contributed by atoms with van der Waals surface area (Å²) in [6.07, 6.45) is -1.86. The zero-order valence-electron chi connectivity index (χ0n) is 18.5. The Morgan fingerprint density at radius 2 is 1.60 bits per heavy atom. The van der Waals surface area contributed by atoms with Crippen molar-refractivity contribution < 1.29 is 35.5 Å². The highest BCUT2D eigenvalue weighted by atomic mass is 32.2. The topological polar surface area (TPSA) is 85.4 Å². The molecule has 3 rings (SSSR count). The molecule has 1 unspecified atom stereocenters. The van der Waals surface area contributed by atoms with Crippen LogP contribution in [-0.4, -0.2) is 44.9 Å². The van der Waals surface area contributed by atoms with Crippen molar-refractivity contribution in [3.8, 4) is 5.88 Å². The molecule has 0 spiro atoms. The number of nitrogens with one attached hydrogen (secondary N) is 1. The largest absolute Gasteiger partial charge is 0.468 e. The number of hydrogen-bond acceptors (Lipinski definition) is 5. The van der Waals surface area contributed by atoms with Crippen molar-refractivity contribution in [1.29, 1.82) is 0 Å². The van der Waals surface area contributed by atoms with Gasteiger partial charge in [0.05, 0.1) is 10.5 Å². The van der Waals surface area contributed by atoms with Gasteiger partial charge >= 0.3 is 6.18 Å². The molecule has 11 heteroatoms. The molecule has 3 aromatic rings. The van der Waals surface area contributed by atoms with Crippen molar-refractivity contribution in [3.05, 3.63) is 89.4 Å². The van der Waals surface area contributed by atoms with E-state index < -0.39 is 34.3 Å². The molecule has 1 heterocycles. The summed E-state index contributed by atoms with van der Waals surface area (Å²) in [6.45, 7) is -1.28. The monoisotopic (exact) mass is 510 g/mol. The number of carbonyl (C=O) groups is 1. The molecule has 0 bridgehead atoms. The lowest BCUT2D eigenvalue weighted by Crippen LogP contribution is -2.26. The van der Waals surface area contributed by atoms with E-state index in [2.05, 4.69) is 15.0 Å². The molecule has 35 heavy (non-hydrogen) atoms. The molecule has 0 aliphatic rings. The minimum Gasteiger partial charge on any atom is -0.468 e. The maximum absolute atomic E-state index is 13.4. The maximum atomic E-state index is 13.4. The minimum atomic E-state index is -4.50. The number of ether oxygens (including phenoxy) is 1. The number of aromatic nitrogens is 1. The SMILES string of the molecule is CS(=O)(=O)c1ccc(C(CCNC(=O)c2ccc(OCC(F)(F)F)nc2)c2ccc(F)cc2)cc1. The van der Waals surface area contributed by atoms with Crippen molar-refractivity contribution in [2.24, 2.45) is 0 Å². The van der Waals surface area contributed by atoms with Gasteiger partial charge in [0, 0.05) is 31.0 Å². The summed E-state index contributed by atoms with van der Waals surface area (Å²) >= 11 is 0. The molecule has 1 N–H and O–H groups in total. The van der Waals surface area contributed by atoms with E-state index in [9.17, 15) is 30.8 Å². The fraction of sp³-hybridized carbons (Fsp3) is 0.250. The lowest BCUT2D eigenvalue weighted by molar-refractivity contribution is -0.154. The summed E-state index contributed by atoms with van der Waals surface area (Å²) in [7, 11) is -3.37. The average molecular weight is 511 g/mol. The number of benzene rings is 2. The lowest BCUT2D eigenvalue weighted by Gasteiger charge is -2.19. The number of carbonyl (C=O) groups excluding carboxylic acids is 1. The number of halogens is 4. The number of pyridine rings is 1. The van der Waals surface area contributed by atoms with Crippen LogP contribution in [0.3, 0.4) is 0 Å². The van der Waals surface area contributed by atoms with Gasteiger partial charge in [0.25, 0.3) is 5.91 Å². The van der Waals surface area contributed by atoms with Crippen LogP contribution in [-0.2, 0) is 9.84 Å². The van der Waals surface area contributed by atoms with E-state index in [1.54, 1.807) is 24.3 Å². The predicted molar refractivity (Wildman–Crippen MR) is 121 cm³/mol. The zero-order chi connectivity index (χ0) is 25.6. The van der Waals surface area contributed by atoms with E-state index in [1.807, 2.05) is 0 Å². The van der Waals surface area contributed by atoms with Crippen LogP contribution in [0.2, 0.25) is 0 Å². The molecular weight excluding hydrogens is 488 g/mol. The highest BCUT2D eigenvalue weighted by Gasteiger charge is 2.28. The minimum absolute atomic E-state index is 0.139. The maximum Gasteiger partial charge on any atom is 0.422 e. The van der Waals surface area contributed by atoms with Gasteiger partial charge in [-0.2, -0.15) is 13.2 Å². The standard InChI is InChI=1S/C24H22F4N2O4S/c1-35(32,33)20-9-4-17(5-10-20)21(16-2-7-19(25)8-3-16)12-13-29-23(31)18-6-11-22(30-14-18)34-15-24(26,27)28/h2-11,14,21H,12-13,15H2,1H3,(H,29,31). The van der Waals surface area contributed by atoms with Crippen LogP contribution in [0.25, 0.3) is 0 Å². The van der Waals surface area contributed by atoms with Crippen LogP contribution in [0.1, 0.15) is 33.8 Å². The third kappa shape index (κ3) is 7.78. The molecule has 1 amide bonds. The van der Waals surface area contributed by atoms with Gasteiger partial charge in [-0.05, 0) is 47.9 Å².